The van der Waals surface area contributed by atoms with Crippen LogP contribution in [0.3, 0.4) is 0 Å². The number of benzene rings is 2. The summed E-state index contributed by atoms with van der Waals surface area (Å²) in [7, 11) is 1.61. The van der Waals surface area contributed by atoms with E-state index < -0.39 is 0 Å². The van der Waals surface area contributed by atoms with Gasteiger partial charge in [0.05, 0.1) is 12.2 Å². The Labute approximate surface area is 141 Å². The number of carbonyl (C=O) groups excluding carboxylic acids is 1. The van der Waals surface area contributed by atoms with Gasteiger partial charge in [0.2, 0.25) is 5.91 Å². The zero-order chi connectivity index (χ0) is 16.8. The molecule has 1 aromatic heterocycles. The van der Waals surface area contributed by atoms with Crippen LogP contribution >= 0.6 is 0 Å². The van der Waals surface area contributed by atoms with E-state index in [0.29, 0.717) is 6.54 Å². The summed E-state index contributed by atoms with van der Waals surface area (Å²) in [6.07, 6.45) is 5.29. The van der Waals surface area contributed by atoms with Crippen molar-refractivity contribution in [1.29, 1.82) is 0 Å². The second-order valence-corrected chi connectivity index (χ2v) is 5.43. The number of rotatable bonds is 5. The summed E-state index contributed by atoms with van der Waals surface area (Å²) in [4.78, 5) is 11.5. The second-order valence-electron chi connectivity index (χ2n) is 5.43. The van der Waals surface area contributed by atoms with Gasteiger partial charge in [0.15, 0.2) is 0 Å². The van der Waals surface area contributed by atoms with Crippen LogP contribution < -0.4 is 5.32 Å². The van der Waals surface area contributed by atoms with E-state index in [0.717, 1.165) is 16.8 Å². The predicted octanol–water partition coefficient (Wildman–Crippen LogP) is 3.36. The minimum Gasteiger partial charge on any atom is -0.356 e. The van der Waals surface area contributed by atoms with Crippen molar-refractivity contribution in [1.82, 2.24) is 15.1 Å². The predicted molar refractivity (Wildman–Crippen MR) is 96.3 cm³/mol. The van der Waals surface area contributed by atoms with Crippen molar-refractivity contribution in [2.75, 3.05) is 7.05 Å². The Morgan fingerprint density at radius 2 is 1.75 bits per heavy atom. The zero-order valence-electron chi connectivity index (χ0n) is 13.5. The molecular formula is C20H19N3O. The van der Waals surface area contributed by atoms with E-state index in [-0.39, 0.29) is 5.91 Å². The molecule has 4 nitrogen and oxygen atoms in total. The first-order valence-electron chi connectivity index (χ1n) is 7.83. The SMILES string of the molecule is CNC(=O)/C=C/c1cn(Cc2ccccc2)nc1-c1ccccc1. The Balaban J connectivity index is 1.96. The van der Waals surface area contributed by atoms with Gasteiger partial charge in [-0.05, 0) is 11.6 Å². The molecule has 1 amide bonds. The lowest BCUT2D eigenvalue weighted by atomic mass is 10.1. The lowest BCUT2D eigenvalue weighted by Gasteiger charge is -2.01. The average Bonchev–Trinajstić information content (AvgIpc) is 3.04. The van der Waals surface area contributed by atoms with Crippen molar-refractivity contribution in [3.8, 4) is 11.3 Å². The topological polar surface area (TPSA) is 46.9 Å². The Morgan fingerprint density at radius 1 is 1.08 bits per heavy atom. The minimum absolute atomic E-state index is 0.134. The normalized spacial score (nSPS) is 10.9. The molecule has 4 heteroatoms. The zero-order valence-corrected chi connectivity index (χ0v) is 13.5. The van der Waals surface area contributed by atoms with Gasteiger partial charge in [0, 0.05) is 30.4 Å². The van der Waals surface area contributed by atoms with E-state index in [1.54, 1.807) is 13.1 Å². The largest absolute Gasteiger partial charge is 0.356 e. The molecule has 0 unspecified atom stereocenters. The molecule has 0 spiro atoms. The molecule has 120 valence electrons. The van der Waals surface area contributed by atoms with Crippen molar-refractivity contribution in [2.24, 2.45) is 0 Å². The van der Waals surface area contributed by atoms with Gasteiger partial charge in [-0.25, -0.2) is 0 Å². The van der Waals surface area contributed by atoms with Crippen LogP contribution in [0.15, 0.2) is 72.9 Å². The lowest BCUT2D eigenvalue weighted by molar-refractivity contribution is -0.115. The maximum absolute atomic E-state index is 11.5. The van der Waals surface area contributed by atoms with Crippen molar-refractivity contribution in [3.05, 3.63) is 84.1 Å². The van der Waals surface area contributed by atoms with Crippen molar-refractivity contribution < 1.29 is 4.79 Å². The molecule has 0 aliphatic heterocycles. The highest BCUT2D eigenvalue weighted by Crippen LogP contribution is 2.23. The number of nitrogens with one attached hydrogen (secondary N) is 1. The van der Waals surface area contributed by atoms with E-state index in [1.165, 1.54) is 11.6 Å². The maximum Gasteiger partial charge on any atom is 0.243 e. The summed E-state index contributed by atoms with van der Waals surface area (Å²) in [5.41, 5.74) is 4.00. The van der Waals surface area contributed by atoms with Crippen molar-refractivity contribution >= 4 is 12.0 Å². The van der Waals surface area contributed by atoms with Crippen molar-refractivity contribution in [2.45, 2.75) is 6.54 Å². The quantitative estimate of drug-likeness (QED) is 0.734. The smallest absolute Gasteiger partial charge is 0.243 e. The summed E-state index contributed by atoms with van der Waals surface area (Å²) in [6, 6.07) is 20.2. The molecule has 0 saturated carbocycles. The summed E-state index contributed by atoms with van der Waals surface area (Å²) in [6.45, 7) is 0.689. The Kier molecular flexibility index (Phi) is 4.87. The van der Waals surface area contributed by atoms with E-state index in [9.17, 15) is 4.79 Å². The minimum atomic E-state index is -0.134. The highest BCUT2D eigenvalue weighted by Gasteiger charge is 2.09. The molecule has 3 rings (SSSR count). The molecule has 0 aliphatic rings. The molecule has 0 bridgehead atoms. The number of aromatic nitrogens is 2. The first-order chi connectivity index (χ1) is 11.8. The van der Waals surface area contributed by atoms with E-state index in [4.69, 9.17) is 5.10 Å². The Hall–Kier alpha value is -3.14. The molecule has 1 N–H and O–H groups in total. The van der Waals surface area contributed by atoms with Crippen LogP contribution in [0, 0.1) is 0 Å². The highest BCUT2D eigenvalue weighted by molar-refractivity contribution is 5.92. The number of hydrogen-bond acceptors (Lipinski definition) is 2. The molecule has 1 heterocycles. The monoisotopic (exact) mass is 317 g/mol. The third-order valence-electron chi connectivity index (χ3n) is 3.69. The van der Waals surface area contributed by atoms with E-state index in [2.05, 4.69) is 17.4 Å². The Morgan fingerprint density at radius 3 is 2.42 bits per heavy atom. The fourth-order valence-corrected chi connectivity index (χ4v) is 2.48. The molecular weight excluding hydrogens is 298 g/mol. The molecule has 0 fully saturated rings. The first-order valence-corrected chi connectivity index (χ1v) is 7.83. The van der Waals surface area contributed by atoms with Crippen LogP contribution in [0.4, 0.5) is 0 Å². The van der Waals surface area contributed by atoms with Crippen LogP contribution in [0.25, 0.3) is 17.3 Å². The summed E-state index contributed by atoms with van der Waals surface area (Å²) in [5.74, 6) is -0.134. The van der Waals surface area contributed by atoms with Crippen molar-refractivity contribution in [3.63, 3.8) is 0 Å². The van der Waals surface area contributed by atoms with Crippen LogP contribution in [0.5, 0.6) is 0 Å². The number of nitrogens with zero attached hydrogens (tertiary/aromatic N) is 2. The summed E-state index contributed by atoms with van der Waals surface area (Å²) >= 11 is 0. The van der Waals surface area contributed by atoms with E-state index >= 15 is 0 Å². The Bertz CT molecular complexity index is 836. The molecule has 24 heavy (non-hydrogen) atoms. The van der Waals surface area contributed by atoms with Gasteiger partial charge in [0.1, 0.15) is 0 Å². The summed E-state index contributed by atoms with van der Waals surface area (Å²) in [5, 5.41) is 7.30. The molecule has 0 aliphatic carbocycles. The van der Waals surface area contributed by atoms with Gasteiger partial charge in [-0.15, -0.1) is 0 Å². The highest BCUT2D eigenvalue weighted by atomic mass is 16.1. The molecule has 2 aromatic carbocycles. The van der Waals surface area contributed by atoms with Gasteiger partial charge in [-0.3, -0.25) is 9.48 Å². The van der Waals surface area contributed by atoms with Crippen LogP contribution in [0.1, 0.15) is 11.1 Å². The fourth-order valence-electron chi connectivity index (χ4n) is 2.48. The van der Waals surface area contributed by atoms with E-state index in [1.807, 2.05) is 59.4 Å². The van der Waals surface area contributed by atoms with Crippen LogP contribution in [-0.4, -0.2) is 22.7 Å². The van der Waals surface area contributed by atoms with Crippen LogP contribution in [0.2, 0.25) is 0 Å². The van der Waals surface area contributed by atoms with Gasteiger partial charge in [-0.2, -0.15) is 5.10 Å². The molecule has 0 atom stereocenters. The van der Waals surface area contributed by atoms with Gasteiger partial charge < -0.3 is 5.32 Å². The molecule has 0 saturated heterocycles. The molecule has 0 radical (unpaired) electrons. The van der Waals surface area contributed by atoms with Gasteiger partial charge >= 0.3 is 0 Å². The maximum atomic E-state index is 11.5. The first kappa shape index (κ1) is 15.7. The third-order valence-corrected chi connectivity index (χ3v) is 3.69. The van der Waals surface area contributed by atoms with Gasteiger partial charge in [0.25, 0.3) is 0 Å². The van der Waals surface area contributed by atoms with Crippen LogP contribution in [-0.2, 0) is 11.3 Å². The summed E-state index contributed by atoms with van der Waals surface area (Å²) < 4.78 is 1.90. The number of likely N-dealkylation sites (N-methyl/N-ethyl adjacent to an activating group) is 1. The number of amides is 1. The van der Waals surface area contributed by atoms with Gasteiger partial charge in [-0.1, -0.05) is 60.7 Å². The standard InChI is InChI=1S/C20H19N3O/c1-21-19(24)13-12-18-15-23(14-16-8-4-2-5-9-16)22-20(18)17-10-6-3-7-11-17/h2-13,15H,14H2,1H3,(H,21,24)/b13-12+. The number of carbonyl (C=O) groups is 1. The molecule has 3 aromatic rings. The third kappa shape index (κ3) is 3.79. The number of hydrogen-bond donors (Lipinski definition) is 1. The lowest BCUT2D eigenvalue weighted by Crippen LogP contribution is -2.13. The second kappa shape index (κ2) is 7.42. The fraction of sp³-hybridized carbons (Fsp3) is 0.100. The average molecular weight is 317 g/mol.